The van der Waals surface area contributed by atoms with Crippen LogP contribution in [0.5, 0.6) is 0 Å². The summed E-state index contributed by atoms with van der Waals surface area (Å²) in [6.07, 6.45) is 5.75. The topological polar surface area (TPSA) is 69.6 Å². The van der Waals surface area contributed by atoms with E-state index in [0.717, 1.165) is 19.3 Å². The van der Waals surface area contributed by atoms with E-state index in [1.165, 1.54) is 10.5 Å². The average molecular weight is 282 g/mol. The van der Waals surface area contributed by atoms with Crippen LogP contribution in [0.25, 0.3) is 0 Å². The molecule has 1 rings (SSSR count). The summed E-state index contributed by atoms with van der Waals surface area (Å²) in [5.41, 5.74) is 0.436. The van der Waals surface area contributed by atoms with E-state index in [-0.39, 0.29) is 18.5 Å². The lowest BCUT2D eigenvalue weighted by Crippen LogP contribution is -2.43. The number of carbonyl (C=O) groups excluding carboxylic acids is 2. The Hall–Kier alpha value is -1.36. The number of imide groups is 1. The summed E-state index contributed by atoms with van der Waals surface area (Å²) in [4.78, 5) is 25.5. The van der Waals surface area contributed by atoms with Gasteiger partial charge < -0.3 is 10.4 Å². The minimum Gasteiger partial charge on any atom is -0.396 e. The van der Waals surface area contributed by atoms with Crippen LogP contribution in [0.4, 0.5) is 4.79 Å². The summed E-state index contributed by atoms with van der Waals surface area (Å²) in [6.45, 7) is 6.42. The highest BCUT2D eigenvalue weighted by Gasteiger charge is 2.46. The first kappa shape index (κ1) is 16.7. The molecule has 1 aliphatic rings. The van der Waals surface area contributed by atoms with Crippen molar-refractivity contribution in [2.24, 2.45) is 0 Å². The molecule has 2 N–H and O–H groups in total. The van der Waals surface area contributed by atoms with Crippen molar-refractivity contribution in [1.82, 2.24) is 10.2 Å². The Morgan fingerprint density at radius 3 is 2.60 bits per heavy atom. The molecule has 0 saturated carbocycles. The Balaban J connectivity index is 2.54. The van der Waals surface area contributed by atoms with Gasteiger partial charge in [0.05, 0.1) is 0 Å². The van der Waals surface area contributed by atoms with Gasteiger partial charge in [0, 0.05) is 13.2 Å². The van der Waals surface area contributed by atoms with Crippen LogP contribution in [-0.2, 0) is 4.79 Å². The molecule has 114 valence electrons. The fourth-order valence-corrected chi connectivity index (χ4v) is 2.33. The third-order valence-electron chi connectivity index (χ3n) is 3.58. The predicted octanol–water partition coefficient (Wildman–Crippen LogP) is 2.21. The summed E-state index contributed by atoms with van der Waals surface area (Å²) in [6, 6.07) is -0.293. The van der Waals surface area contributed by atoms with Gasteiger partial charge in [-0.15, -0.1) is 0 Å². The smallest absolute Gasteiger partial charge is 0.325 e. The third kappa shape index (κ3) is 4.34. The second kappa shape index (κ2) is 7.43. The maximum atomic E-state index is 12.3. The summed E-state index contributed by atoms with van der Waals surface area (Å²) < 4.78 is 0. The quantitative estimate of drug-likeness (QED) is 0.407. The lowest BCUT2D eigenvalue weighted by molar-refractivity contribution is -0.131. The van der Waals surface area contributed by atoms with E-state index in [1.807, 2.05) is 13.8 Å². The number of carbonyl (C=O) groups is 2. The van der Waals surface area contributed by atoms with E-state index in [2.05, 4.69) is 11.4 Å². The van der Waals surface area contributed by atoms with E-state index >= 15 is 0 Å². The molecule has 0 spiro atoms. The van der Waals surface area contributed by atoms with Crippen LogP contribution >= 0.6 is 0 Å². The van der Waals surface area contributed by atoms with Crippen molar-refractivity contribution >= 4 is 11.9 Å². The Morgan fingerprint density at radius 1 is 1.30 bits per heavy atom. The molecule has 0 bridgehead atoms. The molecule has 1 saturated heterocycles. The minimum atomic E-state index is -0.778. The number of hydrogen-bond acceptors (Lipinski definition) is 3. The van der Waals surface area contributed by atoms with Gasteiger partial charge in [0.25, 0.3) is 5.91 Å². The number of rotatable bonds is 8. The second-order valence-corrected chi connectivity index (χ2v) is 5.82. The lowest BCUT2D eigenvalue weighted by atomic mass is 9.95. The van der Waals surface area contributed by atoms with E-state index in [9.17, 15) is 9.59 Å². The molecule has 1 unspecified atom stereocenters. The molecule has 0 aliphatic carbocycles. The number of amides is 3. The molecule has 3 amide bonds. The first-order valence-corrected chi connectivity index (χ1v) is 7.29. The number of aliphatic hydroxyl groups is 1. The highest BCUT2D eigenvalue weighted by atomic mass is 16.3. The molecule has 20 heavy (non-hydrogen) atoms. The highest BCUT2D eigenvalue weighted by Crippen LogP contribution is 2.23. The van der Waals surface area contributed by atoms with Crippen molar-refractivity contribution in [3.05, 3.63) is 11.6 Å². The minimum absolute atomic E-state index is 0.131. The maximum Gasteiger partial charge on any atom is 0.325 e. The zero-order valence-corrected chi connectivity index (χ0v) is 12.7. The molecule has 0 aromatic rings. The molecule has 1 fully saturated rings. The first-order valence-electron chi connectivity index (χ1n) is 7.29. The number of allylic oxidation sites excluding steroid dienone is 2. The lowest BCUT2D eigenvalue weighted by Gasteiger charge is -2.21. The zero-order chi connectivity index (χ0) is 15.2. The van der Waals surface area contributed by atoms with Crippen molar-refractivity contribution in [2.75, 3.05) is 13.2 Å². The molecular formula is C15H26N2O3. The number of nitrogens with one attached hydrogen (secondary N) is 1. The van der Waals surface area contributed by atoms with Gasteiger partial charge in [-0.1, -0.05) is 11.6 Å². The SMILES string of the molecule is CC(C)=CCCC1(C)NC(=O)N(CCCCCO)C1=O. The van der Waals surface area contributed by atoms with Crippen LogP contribution in [0, 0.1) is 0 Å². The van der Waals surface area contributed by atoms with Crippen molar-refractivity contribution in [1.29, 1.82) is 0 Å². The monoisotopic (exact) mass is 282 g/mol. The Kier molecular flexibility index (Phi) is 6.20. The van der Waals surface area contributed by atoms with E-state index < -0.39 is 5.54 Å². The van der Waals surface area contributed by atoms with Crippen molar-refractivity contribution in [2.45, 2.75) is 58.4 Å². The van der Waals surface area contributed by atoms with Crippen LogP contribution in [0.3, 0.4) is 0 Å². The highest BCUT2D eigenvalue weighted by molar-refractivity contribution is 6.06. The standard InChI is InChI=1S/C15H26N2O3/c1-12(2)8-7-9-15(3)13(19)17(14(20)16-15)10-5-4-6-11-18/h8,18H,4-7,9-11H2,1-3H3,(H,16,20). The number of urea groups is 1. The van der Waals surface area contributed by atoms with Gasteiger partial charge in [0.15, 0.2) is 0 Å². The van der Waals surface area contributed by atoms with Crippen LogP contribution in [0.15, 0.2) is 11.6 Å². The van der Waals surface area contributed by atoms with Gasteiger partial charge in [-0.3, -0.25) is 9.69 Å². The van der Waals surface area contributed by atoms with Gasteiger partial charge in [-0.25, -0.2) is 4.79 Å². The van der Waals surface area contributed by atoms with Gasteiger partial charge in [0.2, 0.25) is 0 Å². The average Bonchev–Trinajstić information content (AvgIpc) is 2.57. The van der Waals surface area contributed by atoms with Crippen LogP contribution < -0.4 is 5.32 Å². The Labute approximate surface area is 121 Å². The van der Waals surface area contributed by atoms with E-state index in [1.54, 1.807) is 6.92 Å². The summed E-state index contributed by atoms with van der Waals surface area (Å²) >= 11 is 0. The van der Waals surface area contributed by atoms with Gasteiger partial charge in [0.1, 0.15) is 5.54 Å². The predicted molar refractivity (Wildman–Crippen MR) is 78.3 cm³/mol. The number of nitrogens with zero attached hydrogens (tertiary/aromatic N) is 1. The van der Waals surface area contributed by atoms with Gasteiger partial charge in [-0.2, -0.15) is 0 Å². The molecule has 1 atom stereocenters. The van der Waals surface area contributed by atoms with Crippen LogP contribution in [0.2, 0.25) is 0 Å². The van der Waals surface area contributed by atoms with Crippen molar-refractivity contribution in [3.8, 4) is 0 Å². The van der Waals surface area contributed by atoms with E-state index in [4.69, 9.17) is 5.11 Å². The van der Waals surface area contributed by atoms with Crippen molar-refractivity contribution in [3.63, 3.8) is 0 Å². The molecule has 1 aliphatic heterocycles. The van der Waals surface area contributed by atoms with Crippen LogP contribution in [0.1, 0.15) is 52.9 Å². The maximum absolute atomic E-state index is 12.3. The number of unbranched alkanes of at least 4 members (excludes halogenated alkanes) is 2. The molecule has 0 aromatic carbocycles. The second-order valence-electron chi connectivity index (χ2n) is 5.82. The largest absolute Gasteiger partial charge is 0.396 e. The van der Waals surface area contributed by atoms with E-state index in [0.29, 0.717) is 19.4 Å². The van der Waals surface area contributed by atoms with Crippen molar-refractivity contribution < 1.29 is 14.7 Å². The zero-order valence-electron chi connectivity index (χ0n) is 12.7. The molecule has 0 aromatic heterocycles. The van der Waals surface area contributed by atoms with Gasteiger partial charge in [-0.05, 0) is 52.9 Å². The summed E-state index contributed by atoms with van der Waals surface area (Å²) in [7, 11) is 0. The molecule has 5 heteroatoms. The Morgan fingerprint density at radius 2 is 2.00 bits per heavy atom. The fraction of sp³-hybridized carbons (Fsp3) is 0.733. The number of aliphatic hydroxyl groups excluding tert-OH is 1. The molecule has 5 nitrogen and oxygen atoms in total. The fourth-order valence-electron chi connectivity index (χ4n) is 2.33. The number of hydrogen-bond donors (Lipinski definition) is 2. The Bertz CT molecular complexity index is 389. The summed E-state index contributed by atoms with van der Waals surface area (Å²) in [5.74, 6) is -0.131. The molecule has 1 heterocycles. The normalized spacial score (nSPS) is 22.1. The van der Waals surface area contributed by atoms with Crippen LogP contribution in [-0.4, -0.2) is 40.6 Å². The molecule has 0 radical (unpaired) electrons. The first-order chi connectivity index (χ1) is 9.40. The van der Waals surface area contributed by atoms with Gasteiger partial charge >= 0.3 is 6.03 Å². The molecular weight excluding hydrogens is 256 g/mol. The third-order valence-corrected chi connectivity index (χ3v) is 3.58. The summed E-state index contributed by atoms with van der Waals surface area (Å²) in [5, 5.41) is 11.5.